The van der Waals surface area contributed by atoms with Crippen molar-refractivity contribution in [3.63, 3.8) is 0 Å². The van der Waals surface area contributed by atoms with Crippen molar-refractivity contribution in [3.05, 3.63) is 28.5 Å². The van der Waals surface area contributed by atoms with Crippen LogP contribution in [0.2, 0.25) is 0 Å². The Bertz CT molecular complexity index is 354. The number of hydrogen-bond acceptors (Lipinski definition) is 3. The molecule has 3 nitrogen and oxygen atoms in total. The van der Waals surface area contributed by atoms with Crippen LogP contribution in [0.15, 0.2) is 22.9 Å². The van der Waals surface area contributed by atoms with Crippen molar-refractivity contribution in [2.75, 3.05) is 6.61 Å². The van der Waals surface area contributed by atoms with Crippen molar-refractivity contribution in [1.82, 2.24) is 4.98 Å². The summed E-state index contributed by atoms with van der Waals surface area (Å²) < 4.78 is 6.44. The molecule has 0 radical (unpaired) electrons. The molecule has 1 unspecified atom stereocenters. The van der Waals surface area contributed by atoms with Crippen LogP contribution in [0, 0.1) is 0 Å². The number of ether oxygens (including phenoxy) is 1. The summed E-state index contributed by atoms with van der Waals surface area (Å²) in [6.45, 7) is 0.526. The summed E-state index contributed by atoms with van der Waals surface area (Å²) in [5.74, 6) is 0.268. The van der Waals surface area contributed by atoms with Crippen molar-refractivity contribution >= 4 is 21.7 Å². The molecular formula is C10H10BrNO2. The fourth-order valence-electron chi connectivity index (χ4n) is 1.53. The van der Waals surface area contributed by atoms with Gasteiger partial charge in [0.2, 0.25) is 0 Å². The first-order valence-electron chi connectivity index (χ1n) is 4.50. The Morgan fingerprint density at radius 1 is 1.57 bits per heavy atom. The first-order chi connectivity index (χ1) is 6.77. The van der Waals surface area contributed by atoms with E-state index in [0.29, 0.717) is 19.4 Å². The standard InChI is InChI=1S/C10H10BrNO2/c11-9-6-12-3-1-8(9)10-5-7(13)2-4-14-10/h1,3,6,10H,2,4-5H2. The molecule has 1 aromatic rings. The van der Waals surface area contributed by atoms with E-state index in [2.05, 4.69) is 20.9 Å². The van der Waals surface area contributed by atoms with Crippen molar-refractivity contribution in [2.45, 2.75) is 18.9 Å². The summed E-state index contributed by atoms with van der Waals surface area (Å²) in [5, 5.41) is 0. The summed E-state index contributed by atoms with van der Waals surface area (Å²) in [4.78, 5) is 15.2. The number of aromatic nitrogens is 1. The van der Waals surface area contributed by atoms with E-state index in [1.165, 1.54) is 0 Å². The number of carbonyl (C=O) groups excluding carboxylic acids is 1. The van der Waals surface area contributed by atoms with E-state index in [-0.39, 0.29) is 11.9 Å². The summed E-state index contributed by atoms with van der Waals surface area (Å²) in [6.07, 6.45) is 4.34. The molecule has 0 amide bonds. The van der Waals surface area contributed by atoms with Gasteiger partial charge in [-0.2, -0.15) is 0 Å². The first kappa shape index (κ1) is 9.80. The molecule has 1 atom stereocenters. The molecule has 0 saturated carbocycles. The van der Waals surface area contributed by atoms with E-state index in [1.54, 1.807) is 12.4 Å². The summed E-state index contributed by atoms with van der Waals surface area (Å²) in [7, 11) is 0. The van der Waals surface area contributed by atoms with Gasteiger partial charge in [-0.25, -0.2) is 0 Å². The van der Waals surface area contributed by atoms with Gasteiger partial charge in [0, 0.05) is 29.7 Å². The smallest absolute Gasteiger partial charge is 0.138 e. The van der Waals surface area contributed by atoms with Crippen LogP contribution in [-0.2, 0) is 9.53 Å². The van der Waals surface area contributed by atoms with Crippen LogP contribution in [0.1, 0.15) is 24.5 Å². The number of Topliss-reactive ketones (excluding diaryl/α,β-unsaturated/α-hetero) is 1. The predicted octanol–water partition coefficient (Wildman–Crippen LogP) is 2.26. The Kier molecular flexibility index (Phi) is 2.93. The van der Waals surface area contributed by atoms with Crippen LogP contribution in [0.25, 0.3) is 0 Å². The van der Waals surface area contributed by atoms with Gasteiger partial charge in [-0.05, 0) is 27.6 Å². The van der Waals surface area contributed by atoms with Gasteiger partial charge in [0.05, 0.1) is 12.7 Å². The quantitative estimate of drug-likeness (QED) is 0.773. The van der Waals surface area contributed by atoms with Gasteiger partial charge in [-0.1, -0.05) is 0 Å². The van der Waals surface area contributed by atoms with E-state index in [9.17, 15) is 4.79 Å². The van der Waals surface area contributed by atoms with Crippen LogP contribution in [0.5, 0.6) is 0 Å². The molecule has 0 bridgehead atoms. The van der Waals surface area contributed by atoms with Gasteiger partial charge in [-0.15, -0.1) is 0 Å². The minimum atomic E-state index is -0.103. The van der Waals surface area contributed by atoms with Gasteiger partial charge in [-0.3, -0.25) is 9.78 Å². The number of rotatable bonds is 1. The van der Waals surface area contributed by atoms with Crippen molar-refractivity contribution < 1.29 is 9.53 Å². The molecule has 0 spiro atoms. The minimum absolute atomic E-state index is 0.103. The number of ketones is 1. The summed E-state index contributed by atoms with van der Waals surface area (Å²) in [5.41, 5.74) is 1.01. The van der Waals surface area contributed by atoms with E-state index in [1.807, 2.05) is 6.07 Å². The van der Waals surface area contributed by atoms with E-state index < -0.39 is 0 Å². The monoisotopic (exact) mass is 255 g/mol. The van der Waals surface area contributed by atoms with Gasteiger partial charge < -0.3 is 4.74 Å². The average molecular weight is 256 g/mol. The summed E-state index contributed by atoms with van der Waals surface area (Å²) >= 11 is 3.40. The first-order valence-corrected chi connectivity index (χ1v) is 5.29. The topological polar surface area (TPSA) is 39.2 Å². The Balaban J connectivity index is 2.22. The minimum Gasteiger partial charge on any atom is -0.373 e. The maximum absolute atomic E-state index is 11.2. The van der Waals surface area contributed by atoms with Crippen molar-refractivity contribution in [1.29, 1.82) is 0 Å². The molecule has 1 saturated heterocycles. The molecule has 0 aliphatic carbocycles. The normalized spacial score (nSPS) is 22.4. The molecule has 1 aliphatic rings. The highest BCUT2D eigenvalue weighted by Crippen LogP contribution is 2.30. The van der Waals surface area contributed by atoms with Gasteiger partial charge in [0.1, 0.15) is 5.78 Å². The lowest BCUT2D eigenvalue weighted by molar-refractivity contribution is -0.128. The van der Waals surface area contributed by atoms with Crippen molar-refractivity contribution in [3.8, 4) is 0 Å². The second-order valence-electron chi connectivity index (χ2n) is 3.25. The van der Waals surface area contributed by atoms with Crippen LogP contribution in [-0.4, -0.2) is 17.4 Å². The van der Waals surface area contributed by atoms with Crippen LogP contribution in [0.4, 0.5) is 0 Å². The zero-order chi connectivity index (χ0) is 9.97. The van der Waals surface area contributed by atoms with E-state index in [4.69, 9.17) is 4.74 Å². The van der Waals surface area contributed by atoms with E-state index in [0.717, 1.165) is 10.0 Å². The van der Waals surface area contributed by atoms with Gasteiger partial charge >= 0.3 is 0 Å². The zero-order valence-electron chi connectivity index (χ0n) is 7.57. The van der Waals surface area contributed by atoms with Crippen LogP contribution in [0.3, 0.4) is 0 Å². The molecule has 4 heteroatoms. The largest absolute Gasteiger partial charge is 0.373 e. The maximum Gasteiger partial charge on any atom is 0.138 e. The lowest BCUT2D eigenvalue weighted by atomic mass is 10.0. The number of nitrogens with zero attached hydrogens (tertiary/aromatic N) is 1. The summed E-state index contributed by atoms with van der Waals surface area (Å²) in [6, 6.07) is 1.88. The Morgan fingerprint density at radius 3 is 3.14 bits per heavy atom. The molecule has 2 heterocycles. The molecule has 74 valence electrons. The third-order valence-electron chi connectivity index (χ3n) is 2.26. The Labute approximate surface area is 90.6 Å². The lowest BCUT2D eigenvalue weighted by Gasteiger charge is -2.22. The average Bonchev–Trinajstić information content (AvgIpc) is 2.18. The number of halogens is 1. The second kappa shape index (κ2) is 4.19. The van der Waals surface area contributed by atoms with Gasteiger partial charge in [0.25, 0.3) is 0 Å². The molecule has 2 rings (SSSR count). The van der Waals surface area contributed by atoms with E-state index >= 15 is 0 Å². The van der Waals surface area contributed by atoms with Crippen molar-refractivity contribution in [2.24, 2.45) is 0 Å². The Hall–Kier alpha value is -0.740. The number of pyridine rings is 1. The molecule has 0 aromatic carbocycles. The molecule has 1 fully saturated rings. The molecular weight excluding hydrogens is 246 g/mol. The molecule has 14 heavy (non-hydrogen) atoms. The third kappa shape index (κ3) is 2.01. The number of hydrogen-bond donors (Lipinski definition) is 0. The third-order valence-corrected chi connectivity index (χ3v) is 2.93. The fourth-order valence-corrected chi connectivity index (χ4v) is 2.04. The molecule has 1 aromatic heterocycles. The Morgan fingerprint density at radius 2 is 2.43 bits per heavy atom. The molecule has 0 N–H and O–H groups in total. The SMILES string of the molecule is O=C1CCOC(c2ccncc2Br)C1. The highest BCUT2D eigenvalue weighted by molar-refractivity contribution is 9.10. The zero-order valence-corrected chi connectivity index (χ0v) is 9.16. The predicted molar refractivity (Wildman–Crippen MR) is 54.9 cm³/mol. The highest BCUT2D eigenvalue weighted by Gasteiger charge is 2.23. The molecule has 1 aliphatic heterocycles. The van der Waals surface area contributed by atoms with Crippen LogP contribution >= 0.6 is 15.9 Å². The second-order valence-corrected chi connectivity index (χ2v) is 4.10. The van der Waals surface area contributed by atoms with Gasteiger partial charge in [0.15, 0.2) is 0 Å². The lowest BCUT2D eigenvalue weighted by Crippen LogP contribution is -2.19. The highest BCUT2D eigenvalue weighted by atomic mass is 79.9. The fraction of sp³-hybridized carbons (Fsp3) is 0.400. The van der Waals surface area contributed by atoms with Crippen LogP contribution < -0.4 is 0 Å². The maximum atomic E-state index is 11.2. The number of carbonyl (C=O) groups is 1.